The predicted molar refractivity (Wildman–Crippen MR) is 191 cm³/mol. The molecule has 0 aliphatic heterocycles. The van der Waals surface area contributed by atoms with Crippen molar-refractivity contribution in [3.05, 3.63) is 140 Å². The van der Waals surface area contributed by atoms with Crippen molar-refractivity contribution in [2.75, 3.05) is 10.6 Å². The van der Waals surface area contributed by atoms with E-state index in [9.17, 15) is 0 Å². The number of rotatable bonds is 5. The zero-order chi connectivity index (χ0) is 33.0. The second kappa shape index (κ2) is 12.8. The van der Waals surface area contributed by atoms with Gasteiger partial charge in [-0.1, -0.05) is 54.6 Å². The Morgan fingerprint density at radius 1 is 0.571 bits per heavy atom. The van der Waals surface area contributed by atoms with Crippen LogP contribution in [0.4, 0.5) is 23.0 Å². The number of benzene rings is 4. The topological polar surface area (TPSA) is 154 Å². The van der Waals surface area contributed by atoms with Crippen molar-refractivity contribution in [3.63, 3.8) is 0 Å². The van der Waals surface area contributed by atoms with Gasteiger partial charge in [0.1, 0.15) is 11.6 Å². The van der Waals surface area contributed by atoms with E-state index in [1.807, 2.05) is 109 Å². The third-order valence-corrected chi connectivity index (χ3v) is 8.00. The number of nitriles is 1. The van der Waals surface area contributed by atoms with Gasteiger partial charge in [-0.25, -0.2) is 9.97 Å². The average Bonchev–Trinajstić information content (AvgIpc) is 3.71. The van der Waals surface area contributed by atoms with Gasteiger partial charge in [-0.05, 0) is 59.8 Å². The van der Waals surface area contributed by atoms with Gasteiger partial charge < -0.3 is 10.6 Å². The Morgan fingerprint density at radius 3 is 1.69 bits per heavy atom. The van der Waals surface area contributed by atoms with Gasteiger partial charge in [0.05, 0.1) is 22.7 Å². The maximum absolute atomic E-state index is 9.11. The van der Waals surface area contributed by atoms with Gasteiger partial charge in [0, 0.05) is 74.0 Å². The summed E-state index contributed by atoms with van der Waals surface area (Å²) in [5.41, 5.74) is 5.02. The molecular weight excluding hydrogens is 610 g/mol. The lowest BCUT2D eigenvalue weighted by atomic mass is 10.1. The molecule has 11 nitrogen and oxygen atoms in total. The maximum atomic E-state index is 9.11. The number of pyridine rings is 4. The third kappa shape index (κ3) is 5.89. The van der Waals surface area contributed by atoms with Crippen molar-refractivity contribution in [2.45, 2.75) is 0 Å². The van der Waals surface area contributed by atoms with Gasteiger partial charge in [0.25, 0.3) is 0 Å². The highest BCUT2D eigenvalue weighted by atomic mass is 15.5. The van der Waals surface area contributed by atoms with Crippen LogP contribution in [0.1, 0.15) is 5.56 Å². The lowest BCUT2D eigenvalue weighted by Crippen LogP contribution is -1.96. The summed E-state index contributed by atoms with van der Waals surface area (Å²) in [5, 5.41) is 36.1. The van der Waals surface area contributed by atoms with E-state index in [0.717, 1.165) is 71.9 Å². The molecule has 0 aliphatic carbocycles. The Balaban J connectivity index is 0.000000143. The van der Waals surface area contributed by atoms with Gasteiger partial charge in [0.15, 0.2) is 0 Å². The van der Waals surface area contributed by atoms with Crippen LogP contribution in [0.5, 0.6) is 0 Å². The molecule has 0 spiro atoms. The summed E-state index contributed by atoms with van der Waals surface area (Å²) in [4.78, 5) is 18.1. The number of nitrogens with one attached hydrogen (secondary N) is 3. The van der Waals surface area contributed by atoms with E-state index in [4.69, 9.17) is 15.2 Å². The van der Waals surface area contributed by atoms with Gasteiger partial charge >= 0.3 is 0 Å². The van der Waals surface area contributed by atoms with Crippen LogP contribution in [-0.4, -0.2) is 40.6 Å². The highest BCUT2D eigenvalue weighted by Crippen LogP contribution is 2.33. The number of hydrogen-bond donors (Lipinski definition) is 3. The van der Waals surface area contributed by atoms with Gasteiger partial charge in [-0.15, -0.1) is 10.2 Å². The molecule has 0 unspecified atom stereocenters. The van der Waals surface area contributed by atoms with Crippen molar-refractivity contribution in [1.29, 1.82) is 5.26 Å². The molecule has 9 rings (SSSR count). The zero-order valence-electron chi connectivity index (χ0n) is 25.8. The number of para-hydroxylation sites is 2. The Morgan fingerprint density at radius 2 is 1.14 bits per heavy atom. The SMILES string of the molecule is N#Cc1ccc2c(c1)nc(Nc1ccccc1)c1ccncc12.c1ccc(Nc2nc3cc(-c4nn[nH]n4)ccc3c3cnccc23)cc1. The first-order chi connectivity index (χ1) is 24.2. The second-order valence-corrected chi connectivity index (χ2v) is 11.1. The molecule has 4 aromatic carbocycles. The van der Waals surface area contributed by atoms with Crippen LogP contribution in [0, 0.1) is 11.3 Å². The largest absolute Gasteiger partial charge is 0.340 e. The zero-order valence-corrected chi connectivity index (χ0v) is 25.8. The maximum Gasteiger partial charge on any atom is 0.204 e. The number of anilines is 4. The van der Waals surface area contributed by atoms with Crippen molar-refractivity contribution in [3.8, 4) is 17.5 Å². The minimum Gasteiger partial charge on any atom is -0.340 e. The molecule has 0 aliphatic rings. The van der Waals surface area contributed by atoms with Crippen molar-refractivity contribution in [1.82, 2.24) is 40.6 Å². The minimum absolute atomic E-state index is 0.539. The molecule has 3 N–H and O–H groups in total. The van der Waals surface area contributed by atoms with Crippen molar-refractivity contribution < 1.29 is 0 Å². The predicted octanol–water partition coefficient (Wildman–Crippen LogP) is 8.10. The van der Waals surface area contributed by atoms with E-state index in [1.54, 1.807) is 24.5 Å². The van der Waals surface area contributed by atoms with E-state index >= 15 is 0 Å². The minimum atomic E-state index is 0.539. The number of aromatic amines is 1. The fraction of sp³-hybridized carbons (Fsp3) is 0. The molecule has 0 atom stereocenters. The number of fused-ring (bicyclic) bond motifs is 6. The molecule has 5 aromatic heterocycles. The Hall–Kier alpha value is -7.32. The van der Waals surface area contributed by atoms with E-state index in [2.05, 4.69) is 47.3 Å². The standard InChI is InChI=1S/C19H13N7.C19H12N4/c1-2-4-13(5-3-1)21-19-15-8-9-20-11-16(15)14-7-6-12(10-17(14)22-19)18-23-25-26-24-18;20-11-13-6-7-15-17-12-21-9-8-16(17)19(23-18(15)10-13)22-14-4-2-1-3-5-14/h1-11H,(H,21,22)(H,23,24,25,26);1-10,12H,(H,22,23). The Kier molecular flexibility index (Phi) is 7.62. The number of nitrogens with zero attached hydrogens (tertiary/aromatic N) is 8. The molecule has 0 saturated carbocycles. The van der Waals surface area contributed by atoms with Crippen LogP contribution in [0.25, 0.3) is 54.7 Å². The molecule has 0 saturated heterocycles. The first-order valence-electron chi connectivity index (χ1n) is 15.4. The number of aromatic nitrogens is 8. The summed E-state index contributed by atoms with van der Waals surface area (Å²) >= 11 is 0. The Labute approximate surface area is 279 Å². The van der Waals surface area contributed by atoms with E-state index < -0.39 is 0 Å². The quantitative estimate of drug-likeness (QED) is 0.158. The number of tetrazole rings is 1. The molecule has 49 heavy (non-hydrogen) atoms. The molecular formula is C38H25N11. The Bertz CT molecular complexity index is 2620. The van der Waals surface area contributed by atoms with Crippen LogP contribution in [-0.2, 0) is 0 Å². The van der Waals surface area contributed by atoms with Crippen LogP contribution in [0.3, 0.4) is 0 Å². The number of H-pyrrole nitrogens is 1. The van der Waals surface area contributed by atoms with Crippen molar-refractivity contribution >= 4 is 66.4 Å². The van der Waals surface area contributed by atoms with Crippen LogP contribution in [0.2, 0.25) is 0 Å². The summed E-state index contributed by atoms with van der Waals surface area (Å²) in [6.07, 6.45) is 7.24. The number of hydrogen-bond acceptors (Lipinski definition) is 10. The van der Waals surface area contributed by atoms with Gasteiger partial charge in [0.2, 0.25) is 5.82 Å². The molecule has 5 heterocycles. The summed E-state index contributed by atoms with van der Waals surface area (Å²) in [7, 11) is 0. The molecule has 0 bridgehead atoms. The molecule has 0 amide bonds. The second-order valence-electron chi connectivity index (χ2n) is 11.1. The van der Waals surface area contributed by atoms with E-state index in [-0.39, 0.29) is 0 Å². The average molecular weight is 636 g/mol. The third-order valence-electron chi connectivity index (χ3n) is 8.00. The van der Waals surface area contributed by atoms with Gasteiger partial charge in [-0.3, -0.25) is 9.97 Å². The normalized spacial score (nSPS) is 10.8. The summed E-state index contributed by atoms with van der Waals surface area (Å²) < 4.78 is 0. The van der Waals surface area contributed by atoms with Crippen molar-refractivity contribution in [2.24, 2.45) is 0 Å². The first kappa shape index (κ1) is 29.1. The lowest BCUT2D eigenvalue weighted by Gasteiger charge is -2.12. The lowest BCUT2D eigenvalue weighted by molar-refractivity contribution is 0.881. The fourth-order valence-electron chi connectivity index (χ4n) is 5.70. The van der Waals surface area contributed by atoms with Crippen LogP contribution >= 0.6 is 0 Å². The van der Waals surface area contributed by atoms with E-state index in [0.29, 0.717) is 11.4 Å². The van der Waals surface area contributed by atoms with Crippen LogP contribution in [0.15, 0.2) is 134 Å². The summed E-state index contributed by atoms with van der Waals surface area (Å²) in [6, 6.07) is 37.4. The fourth-order valence-corrected chi connectivity index (χ4v) is 5.70. The monoisotopic (exact) mass is 635 g/mol. The molecule has 9 aromatic rings. The summed E-state index contributed by atoms with van der Waals surface area (Å²) in [5.74, 6) is 2.08. The van der Waals surface area contributed by atoms with Crippen LogP contribution < -0.4 is 10.6 Å². The first-order valence-corrected chi connectivity index (χ1v) is 15.4. The highest BCUT2D eigenvalue weighted by molar-refractivity contribution is 6.11. The molecule has 232 valence electrons. The highest BCUT2D eigenvalue weighted by Gasteiger charge is 2.12. The molecule has 0 fully saturated rings. The molecule has 0 radical (unpaired) electrons. The van der Waals surface area contributed by atoms with Gasteiger partial charge in [-0.2, -0.15) is 10.5 Å². The molecule has 11 heteroatoms. The van der Waals surface area contributed by atoms with E-state index in [1.165, 1.54) is 0 Å². The smallest absolute Gasteiger partial charge is 0.204 e. The summed E-state index contributed by atoms with van der Waals surface area (Å²) in [6.45, 7) is 0.